The molecule has 0 radical (unpaired) electrons. The highest BCUT2D eigenvalue weighted by Crippen LogP contribution is 2.37. The minimum absolute atomic E-state index is 0.734. The Kier molecular flexibility index (Phi) is 11.0. The van der Waals surface area contributed by atoms with E-state index >= 15 is 0 Å². The molecule has 0 aromatic heterocycles. The number of phosphoric ester groups is 1. The lowest BCUT2D eigenvalue weighted by Crippen LogP contribution is -2.65. The van der Waals surface area contributed by atoms with Crippen LogP contribution in [0.15, 0.2) is 0 Å². The summed E-state index contributed by atoms with van der Waals surface area (Å²) in [5, 5.41) is 101. The molecule has 3 fully saturated rings. The van der Waals surface area contributed by atoms with Gasteiger partial charge in [-0.3, -0.25) is 4.52 Å². The molecule has 0 amide bonds. The SMILES string of the molecule is O=P(O)(O)OC[C@H]1O[C@@H](OC[C@H]2O[C@H](O[C@@H]3[C@@H](O)[C@@H](O)O[C@H](CO)[C@H]3O)[C@H](O)[C@@H](O)[C@H]2O)[C@H](O)[C@@H](O)[C@@H]1O. The van der Waals surface area contributed by atoms with Crippen LogP contribution >= 0.6 is 7.82 Å². The van der Waals surface area contributed by atoms with Crippen LogP contribution in [0.5, 0.6) is 0 Å². The van der Waals surface area contributed by atoms with Crippen molar-refractivity contribution in [2.24, 2.45) is 0 Å². The van der Waals surface area contributed by atoms with Crippen LogP contribution in [0.25, 0.3) is 0 Å². The Morgan fingerprint density at radius 3 is 1.68 bits per heavy atom. The lowest BCUT2D eigenvalue weighted by atomic mass is 9.97. The van der Waals surface area contributed by atoms with Gasteiger partial charge in [-0.2, -0.15) is 0 Å². The molecule has 15 atom stereocenters. The van der Waals surface area contributed by atoms with E-state index in [1.165, 1.54) is 0 Å². The van der Waals surface area contributed by atoms with Crippen LogP contribution in [0.2, 0.25) is 0 Å². The summed E-state index contributed by atoms with van der Waals surface area (Å²) in [6, 6.07) is 0. The summed E-state index contributed by atoms with van der Waals surface area (Å²) in [6.07, 6.45) is -26.7. The zero-order chi connectivity index (χ0) is 28.5. The van der Waals surface area contributed by atoms with Gasteiger partial charge in [-0.15, -0.1) is 0 Å². The topological polar surface area (TPSA) is 315 Å². The van der Waals surface area contributed by atoms with E-state index in [9.17, 15) is 55.6 Å². The molecule has 38 heavy (non-hydrogen) atoms. The van der Waals surface area contributed by atoms with E-state index in [0.29, 0.717) is 0 Å². The molecule has 224 valence electrons. The first-order valence-corrected chi connectivity index (χ1v) is 12.9. The van der Waals surface area contributed by atoms with E-state index in [4.69, 9.17) is 33.5 Å². The third-order valence-corrected chi connectivity index (χ3v) is 6.79. The minimum Gasteiger partial charge on any atom is -0.394 e. The number of phosphoric acid groups is 1. The fraction of sp³-hybridized carbons (Fsp3) is 1.00. The quantitative estimate of drug-likeness (QED) is 0.112. The molecule has 0 saturated carbocycles. The van der Waals surface area contributed by atoms with Crippen LogP contribution in [-0.2, 0) is 32.8 Å². The molecule has 19 nitrogen and oxygen atoms in total. The van der Waals surface area contributed by atoms with Crippen molar-refractivity contribution in [3.05, 3.63) is 0 Å². The average Bonchev–Trinajstić information content (AvgIpc) is 2.86. The summed E-state index contributed by atoms with van der Waals surface area (Å²) in [5.74, 6) is 0. The second-order valence-corrected chi connectivity index (χ2v) is 10.2. The van der Waals surface area contributed by atoms with Gasteiger partial charge in [0.15, 0.2) is 18.9 Å². The van der Waals surface area contributed by atoms with Crippen LogP contribution in [0.4, 0.5) is 0 Å². The van der Waals surface area contributed by atoms with Crippen molar-refractivity contribution in [1.29, 1.82) is 0 Å². The molecule has 20 heteroatoms. The molecule has 3 rings (SSSR count). The van der Waals surface area contributed by atoms with Gasteiger partial charge in [0.1, 0.15) is 73.2 Å². The fourth-order valence-electron chi connectivity index (χ4n) is 4.10. The number of aliphatic hydroxyl groups excluding tert-OH is 10. The largest absolute Gasteiger partial charge is 0.469 e. The molecule has 3 aliphatic heterocycles. The van der Waals surface area contributed by atoms with E-state index in [1.54, 1.807) is 0 Å². The zero-order valence-corrected chi connectivity index (χ0v) is 20.3. The summed E-state index contributed by atoms with van der Waals surface area (Å²) in [5.41, 5.74) is 0. The van der Waals surface area contributed by atoms with Gasteiger partial charge in [0.2, 0.25) is 0 Å². The monoisotopic (exact) mass is 584 g/mol. The second-order valence-electron chi connectivity index (χ2n) is 8.98. The van der Waals surface area contributed by atoms with Crippen molar-refractivity contribution in [3.63, 3.8) is 0 Å². The van der Waals surface area contributed by atoms with E-state index < -0.39 is 120 Å². The number of hydrogen-bond donors (Lipinski definition) is 12. The van der Waals surface area contributed by atoms with E-state index in [0.717, 1.165) is 0 Å². The molecule has 0 unspecified atom stereocenters. The molecular weight excluding hydrogens is 551 g/mol. The third kappa shape index (κ3) is 7.22. The van der Waals surface area contributed by atoms with Gasteiger partial charge in [-0.1, -0.05) is 0 Å². The first-order chi connectivity index (χ1) is 17.7. The molecule has 0 aromatic rings. The summed E-state index contributed by atoms with van der Waals surface area (Å²) in [7, 11) is -4.98. The molecular formula is C18H33O19P. The average molecular weight is 584 g/mol. The molecule has 0 spiro atoms. The maximum Gasteiger partial charge on any atom is 0.469 e. The molecule has 0 aromatic carbocycles. The Morgan fingerprint density at radius 2 is 1.13 bits per heavy atom. The number of ether oxygens (including phenoxy) is 5. The summed E-state index contributed by atoms with van der Waals surface area (Å²) >= 11 is 0. The van der Waals surface area contributed by atoms with Crippen molar-refractivity contribution in [3.8, 4) is 0 Å². The van der Waals surface area contributed by atoms with Gasteiger partial charge in [0.05, 0.1) is 19.8 Å². The molecule has 12 N–H and O–H groups in total. The molecule has 0 bridgehead atoms. The van der Waals surface area contributed by atoms with Gasteiger partial charge in [0, 0.05) is 0 Å². The van der Waals surface area contributed by atoms with Gasteiger partial charge in [-0.25, -0.2) is 4.57 Å². The first kappa shape index (κ1) is 32.0. The molecule has 3 saturated heterocycles. The highest BCUT2D eigenvalue weighted by atomic mass is 31.2. The predicted molar refractivity (Wildman–Crippen MR) is 112 cm³/mol. The van der Waals surface area contributed by atoms with Crippen LogP contribution in [0.1, 0.15) is 0 Å². The maximum atomic E-state index is 10.9. The van der Waals surface area contributed by atoms with Gasteiger partial charge >= 0.3 is 7.82 Å². The van der Waals surface area contributed by atoms with Crippen molar-refractivity contribution >= 4 is 7.82 Å². The summed E-state index contributed by atoms with van der Waals surface area (Å²) in [4.78, 5) is 17.7. The van der Waals surface area contributed by atoms with Gasteiger partial charge < -0.3 is 84.5 Å². The van der Waals surface area contributed by atoms with Gasteiger partial charge in [-0.05, 0) is 0 Å². The minimum atomic E-state index is -4.98. The van der Waals surface area contributed by atoms with Crippen molar-refractivity contribution < 1.29 is 93.6 Å². The summed E-state index contributed by atoms with van der Waals surface area (Å²) in [6.45, 7) is -2.42. The summed E-state index contributed by atoms with van der Waals surface area (Å²) < 4.78 is 41.2. The highest BCUT2D eigenvalue weighted by molar-refractivity contribution is 7.46. The Hall–Kier alpha value is -0.490. The van der Waals surface area contributed by atoms with Crippen molar-refractivity contribution in [1.82, 2.24) is 0 Å². The molecule has 3 aliphatic rings. The first-order valence-electron chi connectivity index (χ1n) is 11.3. The molecule has 3 heterocycles. The smallest absolute Gasteiger partial charge is 0.394 e. The third-order valence-electron chi connectivity index (χ3n) is 6.30. The van der Waals surface area contributed by atoms with E-state index in [-0.39, 0.29) is 0 Å². The Balaban J connectivity index is 1.66. The van der Waals surface area contributed by atoms with Crippen LogP contribution in [-0.4, -0.2) is 173 Å². The van der Waals surface area contributed by atoms with Crippen LogP contribution in [0, 0.1) is 0 Å². The standard InChI is InChI=1S/C18H33O19P/c19-1-4-9(22)15(14(27)16(28)34-4)37-18-13(26)11(24)7(20)5(36-18)2-32-17-12(25)10(23)8(21)6(35-17)3-33-38(29,30)31/h4-28H,1-3H2,(H2,29,30,31)/t4-,5-,6-,7+,8-,9-,10+,11+,12-,13-,14-,15+,16+,17-,18-/m1/s1. The lowest BCUT2D eigenvalue weighted by Gasteiger charge is -2.45. The van der Waals surface area contributed by atoms with Crippen LogP contribution in [0.3, 0.4) is 0 Å². The fourth-order valence-corrected chi connectivity index (χ4v) is 4.44. The Morgan fingerprint density at radius 1 is 0.605 bits per heavy atom. The van der Waals surface area contributed by atoms with E-state index in [1.807, 2.05) is 0 Å². The van der Waals surface area contributed by atoms with E-state index in [2.05, 4.69) is 4.52 Å². The number of hydrogen-bond acceptors (Lipinski definition) is 17. The second kappa shape index (κ2) is 13.0. The Labute approximate surface area is 214 Å². The van der Waals surface area contributed by atoms with Crippen molar-refractivity contribution in [2.75, 3.05) is 19.8 Å². The van der Waals surface area contributed by atoms with Crippen molar-refractivity contribution in [2.45, 2.75) is 92.1 Å². The van der Waals surface area contributed by atoms with Gasteiger partial charge in [0.25, 0.3) is 0 Å². The number of aliphatic hydroxyl groups is 10. The normalized spacial score (nSPS) is 48.7. The lowest BCUT2D eigenvalue weighted by molar-refractivity contribution is -0.362. The Bertz CT molecular complexity index is 800. The maximum absolute atomic E-state index is 10.9. The number of rotatable bonds is 9. The predicted octanol–water partition coefficient (Wildman–Crippen LogP) is -7.46. The highest BCUT2D eigenvalue weighted by Gasteiger charge is 2.51. The molecule has 0 aliphatic carbocycles. The van der Waals surface area contributed by atoms with Crippen LogP contribution < -0.4 is 0 Å². The zero-order valence-electron chi connectivity index (χ0n) is 19.5.